The van der Waals surface area contributed by atoms with Crippen molar-refractivity contribution >= 4 is 5.91 Å². The molecule has 0 saturated heterocycles. The van der Waals surface area contributed by atoms with Crippen molar-refractivity contribution in [1.82, 2.24) is 29.9 Å². The Morgan fingerprint density at radius 1 is 1.27 bits per heavy atom. The Balaban J connectivity index is 1.63. The molecule has 7 nitrogen and oxygen atoms in total. The second-order valence-electron chi connectivity index (χ2n) is 7.14. The van der Waals surface area contributed by atoms with Gasteiger partial charge in [0.2, 0.25) is 0 Å². The molecule has 0 saturated carbocycles. The fourth-order valence-electron chi connectivity index (χ4n) is 3.62. The van der Waals surface area contributed by atoms with Crippen molar-refractivity contribution in [2.75, 3.05) is 0 Å². The van der Waals surface area contributed by atoms with Gasteiger partial charge in [-0.2, -0.15) is 23.4 Å². The summed E-state index contributed by atoms with van der Waals surface area (Å²) >= 11 is 0. The molecule has 0 aromatic carbocycles. The molecule has 4 heterocycles. The average molecular weight is 422 g/mol. The van der Waals surface area contributed by atoms with Crippen LogP contribution in [0, 0.1) is 12.7 Å². The van der Waals surface area contributed by atoms with Gasteiger partial charge in [-0.05, 0) is 38.0 Å². The molecule has 0 fully saturated rings. The Labute approximate surface area is 168 Å². The summed E-state index contributed by atoms with van der Waals surface area (Å²) in [6.07, 6.45) is -2.17. The van der Waals surface area contributed by atoms with E-state index in [1.54, 1.807) is 10.7 Å². The van der Waals surface area contributed by atoms with Crippen LogP contribution in [0.15, 0.2) is 24.4 Å². The van der Waals surface area contributed by atoms with Gasteiger partial charge in [0, 0.05) is 25.4 Å². The summed E-state index contributed by atoms with van der Waals surface area (Å²) < 4.78 is 56.0. The monoisotopic (exact) mass is 422 g/mol. The molecule has 1 aliphatic rings. The van der Waals surface area contributed by atoms with Crippen molar-refractivity contribution in [2.45, 2.75) is 38.5 Å². The zero-order chi connectivity index (χ0) is 21.6. The van der Waals surface area contributed by atoms with Crippen molar-refractivity contribution < 1.29 is 22.4 Å². The van der Waals surface area contributed by atoms with E-state index in [0.717, 1.165) is 12.3 Å². The third-order valence-electron chi connectivity index (χ3n) is 5.05. The van der Waals surface area contributed by atoms with Crippen molar-refractivity contribution in [3.63, 3.8) is 0 Å². The smallest absolute Gasteiger partial charge is 0.342 e. The predicted octanol–water partition coefficient (Wildman–Crippen LogP) is 3.41. The van der Waals surface area contributed by atoms with Crippen molar-refractivity contribution in [3.8, 4) is 11.3 Å². The number of alkyl halides is 3. The first-order valence-electron chi connectivity index (χ1n) is 9.26. The first kappa shape index (κ1) is 20.0. The number of hydrogen-bond donors (Lipinski definition) is 1. The van der Waals surface area contributed by atoms with Crippen LogP contribution in [0.5, 0.6) is 0 Å². The third-order valence-corrected chi connectivity index (χ3v) is 5.05. The van der Waals surface area contributed by atoms with Gasteiger partial charge in [-0.1, -0.05) is 0 Å². The Morgan fingerprint density at radius 2 is 2.03 bits per heavy atom. The minimum Gasteiger partial charge on any atom is -0.342 e. The SMILES string of the molecule is Cc1nn(C)c(C(=O)N[C@H]2CCCn3nc(-c4ccnc(C(F)(F)F)c4)cc32)c1F. The van der Waals surface area contributed by atoms with Gasteiger partial charge in [0.15, 0.2) is 11.5 Å². The highest BCUT2D eigenvalue weighted by atomic mass is 19.4. The maximum absolute atomic E-state index is 14.2. The molecule has 0 bridgehead atoms. The maximum Gasteiger partial charge on any atom is 0.433 e. The molecule has 0 spiro atoms. The van der Waals surface area contributed by atoms with E-state index in [4.69, 9.17) is 0 Å². The van der Waals surface area contributed by atoms with Crippen LogP contribution in [-0.2, 0) is 19.8 Å². The minimum absolute atomic E-state index is 0.122. The molecule has 3 aromatic heterocycles. The van der Waals surface area contributed by atoms with E-state index < -0.39 is 29.6 Å². The maximum atomic E-state index is 14.2. The number of nitrogens with one attached hydrogen (secondary N) is 1. The van der Waals surface area contributed by atoms with E-state index in [0.29, 0.717) is 30.8 Å². The lowest BCUT2D eigenvalue weighted by Gasteiger charge is -2.24. The van der Waals surface area contributed by atoms with E-state index in [-0.39, 0.29) is 17.0 Å². The van der Waals surface area contributed by atoms with Gasteiger partial charge in [0.1, 0.15) is 5.69 Å². The molecular formula is C19H18F4N6O. The molecular weight excluding hydrogens is 404 g/mol. The zero-order valence-corrected chi connectivity index (χ0v) is 16.2. The fraction of sp³-hybridized carbons (Fsp3) is 0.368. The van der Waals surface area contributed by atoms with Crippen molar-refractivity contribution in [2.24, 2.45) is 7.05 Å². The van der Waals surface area contributed by atoms with Crippen molar-refractivity contribution in [1.29, 1.82) is 0 Å². The number of aromatic nitrogens is 5. The second kappa shape index (κ2) is 7.22. The number of fused-ring (bicyclic) bond motifs is 1. The number of rotatable bonds is 3. The van der Waals surface area contributed by atoms with Gasteiger partial charge in [-0.25, -0.2) is 4.39 Å². The summed E-state index contributed by atoms with van der Waals surface area (Å²) in [5.41, 5.74) is 0.219. The minimum atomic E-state index is -4.56. The van der Waals surface area contributed by atoms with Crippen LogP contribution in [-0.4, -0.2) is 30.5 Å². The van der Waals surface area contributed by atoms with Gasteiger partial charge in [0.25, 0.3) is 5.91 Å². The van der Waals surface area contributed by atoms with E-state index in [1.165, 1.54) is 24.7 Å². The molecule has 1 N–H and O–H groups in total. The number of carbonyl (C=O) groups excluding carboxylic acids is 1. The van der Waals surface area contributed by atoms with E-state index in [1.807, 2.05) is 0 Å². The lowest BCUT2D eigenvalue weighted by Crippen LogP contribution is -2.34. The molecule has 0 aliphatic carbocycles. The Bertz CT molecular complexity index is 1120. The van der Waals surface area contributed by atoms with E-state index in [2.05, 4.69) is 20.5 Å². The van der Waals surface area contributed by atoms with Gasteiger partial charge in [-0.15, -0.1) is 0 Å². The molecule has 1 aliphatic heterocycles. The van der Waals surface area contributed by atoms with Gasteiger partial charge >= 0.3 is 6.18 Å². The Morgan fingerprint density at radius 3 is 2.70 bits per heavy atom. The standard InChI is InChI=1S/C19H18F4N6O/c1-10-16(20)17(28(2)26-10)18(30)25-12-4-3-7-29-14(12)9-13(27-29)11-5-6-24-15(8-11)19(21,22)23/h5-6,8-9,12H,3-4,7H2,1-2H3,(H,25,30)/t12-/m0/s1. The van der Waals surface area contributed by atoms with Crippen LogP contribution < -0.4 is 5.32 Å². The van der Waals surface area contributed by atoms with Crippen LogP contribution >= 0.6 is 0 Å². The van der Waals surface area contributed by atoms with Crippen LogP contribution in [0.25, 0.3) is 11.3 Å². The summed E-state index contributed by atoms with van der Waals surface area (Å²) in [7, 11) is 1.48. The van der Waals surface area contributed by atoms with Crippen LogP contribution in [0.1, 0.15) is 46.5 Å². The topological polar surface area (TPSA) is 77.6 Å². The largest absolute Gasteiger partial charge is 0.433 e. The third kappa shape index (κ3) is 3.55. The Hall–Kier alpha value is -3.24. The highest BCUT2D eigenvalue weighted by molar-refractivity contribution is 5.93. The summed E-state index contributed by atoms with van der Waals surface area (Å²) in [6, 6.07) is 3.58. The highest BCUT2D eigenvalue weighted by Crippen LogP contribution is 2.33. The number of carbonyl (C=O) groups is 1. The lowest BCUT2D eigenvalue weighted by atomic mass is 10.0. The normalized spacial score (nSPS) is 16.4. The number of pyridine rings is 1. The second-order valence-corrected chi connectivity index (χ2v) is 7.14. The zero-order valence-electron chi connectivity index (χ0n) is 16.2. The predicted molar refractivity (Wildman–Crippen MR) is 97.8 cm³/mol. The molecule has 11 heteroatoms. The molecule has 1 atom stereocenters. The lowest BCUT2D eigenvalue weighted by molar-refractivity contribution is -0.141. The molecule has 1 amide bonds. The first-order chi connectivity index (χ1) is 14.1. The molecule has 3 aromatic rings. The quantitative estimate of drug-likeness (QED) is 0.657. The number of aryl methyl sites for hydroxylation is 3. The van der Waals surface area contributed by atoms with E-state index >= 15 is 0 Å². The number of nitrogens with zero attached hydrogens (tertiary/aromatic N) is 5. The summed E-state index contributed by atoms with van der Waals surface area (Å²) in [5.74, 6) is -1.29. The summed E-state index contributed by atoms with van der Waals surface area (Å²) in [6.45, 7) is 2.04. The van der Waals surface area contributed by atoms with Crippen LogP contribution in [0.4, 0.5) is 17.6 Å². The van der Waals surface area contributed by atoms with Crippen molar-refractivity contribution in [3.05, 3.63) is 53.0 Å². The molecule has 30 heavy (non-hydrogen) atoms. The van der Waals surface area contributed by atoms with E-state index in [9.17, 15) is 22.4 Å². The molecule has 0 unspecified atom stereocenters. The summed E-state index contributed by atoms with van der Waals surface area (Å²) in [5, 5.41) is 11.1. The molecule has 158 valence electrons. The first-order valence-corrected chi connectivity index (χ1v) is 9.26. The van der Waals surface area contributed by atoms with Gasteiger partial charge in [-0.3, -0.25) is 19.1 Å². The summed E-state index contributed by atoms with van der Waals surface area (Å²) in [4.78, 5) is 16.0. The molecule has 4 rings (SSSR count). The van der Waals surface area contributed by atoms with Gasteiger partial charge < -0.3 is 5.32 Å². The number of halogens is 4. The van der Waals surface area contributed by atoms with Gasteiger partial charge in [0.05, 0.1) is 23.1 Å². The Kier molecular flexibility index (Phi) is 4.83. The van der Waals surface area contributed by atoms with Crippen LogP contribution in [0.3, 0.4) is 0 Å². The van der Waals surface area contributed by atoms with Crippen LogP contribution in [0.2, 0.25) is 0 Å². The average Bonchev–Trinajstić information content (AvgIpc) is 3.23. The fourth-order valence-corrected chi connectivity index (χ4v) is 3.62. The number of hydrogen-bond acceptors (Lipinski definition) is 4. The molecule has 0 radical (unpaired) electrons. The highest BCUT2D eigenvalue weighted by Gasteiger charge is 2.33. The number of amides is 1.